The second kappa shape index (κ2) is 9.23. The molecule has 2 saturated heterocycles. The van der Waals surface area contributed by atoms with E-state index in [0.29, 0.717) is 24.4 Å². The highest BCUT2D eigenvalue weighted by molar-refractivity contribution is 6.09. The molecule has 2 aromatic carbocycles. The maximum Gasteiger partial charge on any atom is 0.325 e. The van der Waals surface area contributed by atoms with E-state index in [1.165, 1.54) is 11.1 Å². The van der Waals surface area contributed by atoms with Crippen molar-refractivity contribution in [3.05, 3.63) is 65.2 Å². The summed E-state index contributed by atoms with van der Waals surface area (Å²) in [6, 6.07) is 14.8. The number of nitrogens with one attached hydrogen (secondary N) is 1. The van der Waals surface area contributed by atoms with Gasteiger partial charge in [0.25, 0.3) is 5.91 Å². The molecule has 2 fully saturated rings. The molecule has 0 bridgehead atoms. The highest BCUT2D eigenvalue weighted by atomic mass is 16.5. The minimum atomic E-state index is -1.21. The van der Waals surface area contributed by atoms with Gasteiger partial charge in [-0.25, -0.2) is 4.79 Å². The average molecular weight is 451 g/mol. The Bertz CT molecular complexity index is 1050. The van der Waals surface area contributed by atoms with Crippen LogP contribution in [0.1, 0.15) is 23.6 Å². The molecule has 1 N–H and O–H groups in total. The molecule has 4 rings (SSSR count). The summed E-state index contributed by atoms with van der Waals surface area (Å²) in [5.41, 5.74) is 1.92. The molecule has 2 aromatic rings. The first-order valence-corrected chi connectivity index (χ1v) is 11.1. The van der Waals surface area contributed by atoms with Crippen molar-refractivity contribution in [1.82, 2.24) is 20.0 Å². The second-order valence-corrected chi connectivity index (χ2v) is 8.82. The van der Waals surface area contributed by atoms with Gasteiger partial charge in [-0.3, -0.25) is 19.4 Å². The number of rotatable bonds is 6. The fraction of sp³-hybridized carbons (Fsp3) is 0.400. The Morgan fingerprint density at radius 3 is 2.39 bits per heavy atom. The smallest absolute Gasteiger partial charge is 0.325 e. The van der Waals surface area contributed by atoms with Crippen LogP contribution in [0.25, 0.3) is 0 Å². The van der Waals surface area contributed by atoms with Gasteiger partial charge < -0.3 is 15.0 Å². The number of nitrogens with zero attached hydrogens (tertiary/aromatic N) is 3. The lowest BCUT2D eigenvalue weighted by Crippen LogP contribution is -2.51. The monoisotopic (exact) mass is 450 g/mol. The lowest BCUT2D eigenvalue weighted by atomic mass is 9.92. The topological polar surface area (TPSA) is 82.2 Å². The van der Waals surface area contributed by atoms with E-state index >= 15 is 0 Å². The number of aryl methyl sites for hydroxylation is 1. The number of hydrogen-bond donors (Lipinski definition) is 1. The molecule has 0 aliphatic carbocycles. The molecule has 8 nitrogen and oxygen atoms in total. The van der Waals surface area contributed by atoms with Gasteiger partial charge in [0.2, 0.25) is 5.91 Å². The number of carbonyl (C=O) groups is 3. The van der Waals surface area contributed by atoms with Crippen molar-refractivity contribution in [1.29, 1.82) is 0 Å². The Kier molecular flexibility index (Phi) is 6.37. The summed E-state index contributed by atoms with van der Waals surface area (Å²) in [4.78, 5) is 43.7. The zero-order chi connectivity index (χ0) is 23.6. The van der Waals surface area contributed by atoms with Crippen LogP contribution in [0, 0.1) is 6.92 Å². The van der Waals surface area contributed by atoms with Crippen LogP contribution in [-0.4, -0.2) is 72.4 Å². The fourth-order valence-corrected chi connectivity index (χ4v) is 4.42. The van der Waals surface area contributed by atoms with Crippen LogP contribution >= 0.6 is 0 Å². The molecule has 174 valence electrons. The fourth-order valence-electron chi connectivity index (χ4n) is 4.42. The number of amides is 4. The summed E-state index contributed by atoms with van der Waals surface area (Å²) in [5, 5.41) is 2.75. The summed E-state index contributed by atoms with van der Waals surface area (Å²) in [5.74, 6) is 0.0180. The molecule has 0 saturated carbocycles. The van der Waals surface area contributed by atoms with E-state index in [2.05, 4.69) is 41.4 Å². The Morgan fingerprint density at radius 2 is 1.76 bits per heavy atom. The molecule has 33 heavy (non-hydrogen) atoms. The van der Waals surface area contributed by atoms with Gasteiger partial charge in [0, 0.05) is 32.7 Å². The quantitative estimate of drug-likeness (QED) is 0.682. The van der Waals surface area contributed by atoms with E-state index < -0.39 is 17.5 Å². The average Bonchev–Trinajstić information content (AvgIpc) is 3.03. The minimum absolute atomic E-state index is 0.215. The summed E-state index contributed by atoms with van der Waals surface area (Å²) < 4.78 is 5.16. The molecule has 2 aliphatic heterocycles. The molecule has 0 spiro atoms. The largest absolute Gasteiger partial charge is 0.497 e. The van der Waals surface area contributed by atoms with Crippen LogP contribution in [0.5, 0.6) is 5.75 Å². The normalized spacial score (nSPS) is 21.3. The van der Waals surface area contributed by atoms with E-state index in [1.807, 2.05) is 0 Å². The number of carbonyl (C=O) groups excluding carboxylic acids is 3. The van der Waals surface area contributed by atoms with Gasteiger partial charge >= 0.3 is 6.03 Å². The van der Waals surface area contributed by atoms with Crippen LogP contribution < -0.4 is 10.1 Å². The van der Waals surface area contributed by atoms with Crippen LogP contribution in [0.2, 0.25) is 0 Å². The zero-order valence-corrected chi connectivity index (χ0v) is 19.3. The molecule has 1 atom stereocenters. The van der Waals surface area contributed by atoms with E-state index in [-0.39, 0.29) is 12.5 Å². The van der Waals surface area contributed by atoms with E-state index in [4.69, 9.17) is 4.74 Å². The number of imide groups is 1. The molecule has 4 amide bonds. The predicted octanol–water partition coefficient (Wildman–Crippen LogP) is 2.12. The SMILES string of the molecule is COc1ccc(C2(C)NC(=O)N(CC(=O)N3CCN(Cc4cccc(C)c4)CC3)C2=O)cc1. The molecule has 1 unspecified atom stereocenters. The number of methoxy groups -OCH3 is 1. The Morgan fingerprint density at radius 1 is 1.06 bits per heavy atom. The van der Waals surface area contributed by atoms with Crippen molar-refractivity contribution < 1.29 is 19.1 Å². The Labute approximate surface area is 194 Å². The van der Waals surface area contributed by atoms with Gasteiger partial charge in [0.05, 0.1) is 7.11 Å². The van der Waals surface area contributed by atoms with E-state index in [9.17, 15) is 14.4 Å². The molecule has 8 heteroatoms. The number of hydrogen-bond acceptors (Lipinski definition) is 5. The highest BCUT2D eigenvalue weighted by Crippen LogP contribution is 2.30. The van der Waals surface area contributed by atoms with Crippen molar-refractivity contribution in [2.75, 3.05) is 39.8 Å². The summed E-state index contributed by atoms with van der Waals surface area (Å²) in [6.45, 7) is 6.98. The van der Waals surface area contributed by atoms with Gasteiger partial charge in [0.15, 0.2) is 0 Å². The Balaban J connectivity index is 1.34. The standard InChI is InChI=1S/C25H30N4O4/c1-18-5-4-6-19(15-18)16-27-11-13-28(14-12-27)22(30)17-29-23(31)25(2,26-24(29)32)20-7-9-21(33-3)10-8-20/h4-10,15H,11-14,16-17H2,1-3H3,(H,26,32). The van der Waals surface area contributed by atoms with Crippen molar-refractivity contribution in [3.8, 4) is 5.75 Å². The van der Waals surface area contributed by atoms with Crippen LogP contribution in [0.4, 0.5) is 4.79 Å². The van der Waals surface area contributed by atoms with Crippen molar-refractivity contribution in [2.24, 2.45) is 0 Å². The van der Waals surface area contributed by atoms with Crippen LogP contribution in [-0.2, 0) is 21.7 Å². The molecule has 0 radical (unpaired) electrons. The van der Waals surface area contributed by atoms with Crippen molar-refractivity contribution in [3.63, 3.8) is 0 Å². The van der Waals surface area contributed by atoms with Gasteiger partial charge in [-0.1, -0.05) is 42.0 Å². The highest BCUT2D eigenvalue weighted by Gasteiger charge is 2.49. The van der Waals surface area contributed by atoms with Gasteiger partial charge in [-0.05, 0) is 37.1 Å². The second-order valence-electron chi connectivity index (χ2n) is 8.82. The maximum absolute atomic E-state index is 13.1. The van der Waals surface area contributed by atoms with Crippen molar-refractivity contribution in [2.45, 2.75) is 25.9 Å². The third kappa shape index (κ3) is 4.71. The number of ether oxygens (including phenoxy) is 1. The Hall–Kier alpha value is -3.39. The number of urea groups is 1. The van der Waals surface area contributed by atoms with Crippen LogP contribution in [0.3, 0.4) is 0 Å². The molecule has 2 aliphatic rings. The minimum Gasteiger partial charge on any atom is -0.497 e. The summed E-state index contributed by atoms with van der Waals surface area (Å²) in [7, 11) is 1.56. The third-order valence-electron chi connectivity index (χ3n) is 6.45. The van der Waals surface area contributed by atoms with Crippen molar-refractivity contribution >= 4 is 17.8 Å². The zero-order valence-electron chi connectivity index (χ0n) is 19.3. The molecular formula is C25H30N4O4. The molecule has 0 aromatic heterocycles. The van der Waals surface area contributed by atoms with Crippen LogP contribution in [0.15, 0.2) is 48.5 Å². The van der Waals surface area contributed by atoms with Gasteiger partial charge in [0.1, 0.15) is 17.8 Å². The summed E-state index contributed by atoms with van der Waals surface area (Å²) in [6.07, 6.45) is 0. The first kappa shape index (κ1) is 22.8. The number of piperazine rings is 1. The predicted molar refractivity (Wildman–Crippen MR) is 124 cm³/mol. The first-order valence-electron chi connectivity index (χ1n) is 11.1. The first-order chi connectivity index (χ1) is 15.8. The number of benzene rings is 2. The van der Waals surface area contributed by atoms with E-state index in [1.54, 1.807) is 43.2 Å². The maximum atomic E-state index is 13.1. The lowest BCUT2D eigenvalue weighted by Gasteiger charge is -2.35. The third-order valence-corrected chi connectivity index (χ3v) is 6.45. The van der Waals surface area contributed by atoms with Gasteiger partial charge in [-0.2, -0.15) is 0 Å². The van der Waals surface area contributed by atoms with E-state index in [0.717, 1.165) is 24.5 Å². The van der Waals surface area contributed by atoms with Gasteiger partial charge in [-0.15, -0.1) is 0 Å². The lowest BCUT2D eigenvalue weighted by molar-refractivity contribution is -0.139. The molecule has 2 heterocycles. The summed E-state index contributed by atoms with van der Waals surface area (Å²) >= 11 is 0. The molecular weight excluding hydrogens is 420 g/mol.